The van der Waals surface area contributed by atoms with Gasteiger partial charge in [0, 0.05) is 38.8 Å². The van der Waals surface area contributed by atoms with Gasteiger partial charge in [-0.2, -0.15) is 0 Å². The minimum Gasteiger partial charge on any atom is -0.357 e. The zero-order valence-corrected chi connectivity index (χ0v) is 18.2. The zero-order chi connectivity index (χ0) is 17.7. The molecule has 1 aliphatic carbocycles. The van der Waals surface area contributed by atoms with Gasteiger partial charge < -0.3 is 15.5 Å². The molecule has 6 heteroatoms. The molecule has 1 heterocycles. The fraction of sp³-hybridized carbons (Fsp3) is 0.600. The Hall–Kier alpha value is -1.31. The summed E-state index contributed by atoms with van der Waals surface area (Å²) in [6.45, 7) is 6.04. The highest BCUT2D eigenvalue weighted by Crippen LogP contribution is 2.47. The standard InChI is InChI=1S/C20H30N4O.HI/c1-3-22-19(24-13-11-20(15-24)9-5-10-20)23-12-8-16-6-4-7-17(14-16)18(25)21-2;/h4,6-7,14H,3,5,8-13,15H2,1-2H3,(H,21,25)(H,22,23);1H. The van der Waals surface area contributed by atoms with E-state index in [1.54, 1.807) is 7.05 Å². The summed E-state index contributed by atoms with van der Waals surface area (Å²) in [7, 11) is 1.66. The van der Waals surface area contributed by atoms with E-state index in [1.165, 1.54) is 25.7 Å². The molecule has 1 saturated heterocycles. The number of nitrogens with zero attached hydrogens (tertiary/aromatic N) is 2. The Morgan fingerprint density at radius 2 is 2.12 bits per heavy atom. The van der Waals surface area contributed by atoms with Crippen LogP contribution in [0.25, 0.3) is 0 Å². The molecular weight excluding hydrogens is 439 g/mol. The lowest BCUT2D eigenvalue weighted by Crippen LogP contribution is -2.42. The van der Waals surface area contributed by atoms with Crippen LogP contribution in [0.15, 0.2) is 29.3 Å². The van der Waals surface area contributed by atoms with E-state index in [4.69, 9.17) is 4.99 Å². The maximum atomic E-state index is 11.7. The molecule has 2 fully saturated rings. The Bertz CT molecular complexity index is 642. The summed E-state index contributed by atoms with van der Waals surface area (Å²) in [4.78, 5) is 19.0. The Morgan fingerprint density at radius 3 is 2.73 bits per heavy atom. The first-order valence-electron chi connectivity index (χ1n) is 9.50. The van der Waals surface area contributed by atoms with Crippen LogP contribution >= 0.6 is 24.0 Å². The average molecular weight is 470 g/mol. The number of amides is 1. The molecule has 1 aromatic rings. The topological polar surface area (TPSA) is 56.7 Å². The number of aliphatic imine (C=N–C) groups is 1. The summed E-state index contributed by atoms with van der Waals surface area (Å²) in [6.07, 6.45) is 6.32. The van der Waals surface area contributed by atoms with Gasteiger partial charge in [-0.25, -0.2) is 0 Å². The second-order valence-electron chi connectivity index (χ2n) is 7.29. The van der Waals surface area contributed by atoms with Crippen molar-refractivity contribution in [3.8, 4) is 0 Å². The molecule has 1 aromatic carbocycles. The van der Waals surface area contributed by atoms with Crippen LogP contribution in [-0.2, 0) is 6.42 Å². The summed E-state index contributed by atoms with van der Waals surface area (Å²) < 4.78 is 0. The quantitative estimate of drug-likeness (QED) is 0.395. The molecule has 0 aromatic heterocycles. The van der Waals surface area contributed by atoms with Crippen molar-refractivity contribution in [1.29, 1.82) is 0 Å². The van der Waals surface area contributed by atoms with Gasteiger partial charge in [0.15, 0.2) is 5.96 Å². The number of carbonyl (C=O) groups excluding carboxylic acids is 1. The van der Waals surface area contributed by atoms with E-state index >= 15 is 0 Å². The van der Waals surface area contributed by atoms with Crippen LogP contribution in [0.2, 0.25) is 0 Å². The molecule has 0 atom stereocenters. The van der Waals surface area contributed by atoms with E-state index in [2.05, 4.69) is 28.5 Å². The lowest BCUT2D eigenvalue weighted by molar-refractivity contribution is 0.0963. The van der Waals surface area contributed by atoms with Gasteiger partial charge in [0.2, 0.25) is 0 Å². The molecule has 1 saturated carbocycles. The molecule has 1 spiro atoms. The van der Waals surface area contributed by atoms with E-state index in [1.807, 2.05) is 18.2 Å². The number of benzene rings is 1. The highest BCUT2D eigenvalue weighted by molar-refractivity contribution is 14.0. The lowest BCUT2D eigenvalue weighted by atomic mass is 9.68. The van der Waals surface area contributed by atoms with Crippen molar-refractivity contribution in [3.63, 3.8) is 0 Å². The summed E-state index contributed by atoms with van der Waals surface area (Å²) >= 11 is 0. The molecule has 0 radical (unpaired) electrons. The van der Waals surface area contributed by atoms with Gasteiger partial charge in [0.1, 0.15) is 0 Å². The third-order valence-corrected chi connectivity index (χ3v) is 5.57. The summed E-state index contributed by atoms with van der Waals surface area (Å²) in [5.41, 5.74) is 2.44. The van der Waals surface area contributed by atoms with Gasteiger partial charge in [-0.3, -0.25) is 9.79 Å². The van der Waals surface area contributed by atoms with E-state index in [9.17, 15) is 4.79 Å². The first-order valence-corrected chi connectivity index (χ1v) is 9.50. The second-order valence-corrected chi connectivity index (χ2v) is 7.29. The van der Waals surface area contributed by atoms with Crippen molar-refractivity contribution in [1.82, 2.24) is 15.5 Å². The van der Waals surface area contributed by atoms with Gasteiger partial charge in [0.05, 0.1) is 0 Å². The fourth-order valence-corrected chi connectivity index (χ4v) is 3.93. The van der Waals surface area contributed by atoms with Crippen LogP contribution in [0.3, 0.4) is 0 Å². The van der Waals surface area contributed by atoms with Crippen LogP contribution in [0.4, 0.5) is 0 Å². The first kappa shape index (κ1) is 21.0. The number of likely N-dealkylation sites (tertiary alicyclic amines) is 1. The van der Waals surface area contributed by atoms with Crippen LogP contribution in [0.1, 0.15) is 48.5 Å². The number of hydrogen-bond acceptors (Lipinski definition) is 2. The Morgan fingerprint density at radius 1 is 1.31 bits per heavy atom. The summed E-state index contributed by atoms with van der Waals surface area (Å²) in [5, 5.41) is 6.12. The maximum absolute atomic E-state index is 11.7. The number of nitrogens with one attached hydrogen (secondary N) is 2. The average Bonchev–Trinajstić information content (AvgIpc) is 3.06. The van der Waals surface area contributed by atoms with Crippen molar-refractivity contribution in [2.24, 2.45) is 10.4 Å². The Balaban J connectivity index is 0.00000243. The van der Waals surface area contributed by atoms with Crippen molar-refractivity contribution in [2.75, 3.05) is 33.2 Å². The van der Waals surface area contributed by atoms with Gasteiger partial charge in [-0.05, 0) is 55.7 Å². The monoisotopic (exact) mass is 470 g/mol. The normalized spacial score (nSPS) is 18.2. The van der Waals surface area contributed by atoms with Crippen LogP contribution < -0.4 is 10.6 Å². The summed E-state index contributed by atoms with van der Waals surface area (Å²) in [5.74, 6) is 1.01. The minimum atomic E-state index is -0.0402. The largest absolute Gasteiger partial charge is 0.357 e. The Labute approximate surface area is 174 Å². The van der Waals surface area contributed by atoms with Crippen molar-refractivity contribution in [2.45, 2.75) is 39.0 Å². The molecule has 2 N–H and O–H groups in total. The van der Waals surface area contributed by atoms with E-state index in [-0.39, 0.29) is 29.9 Å². The van der Waals surface area contributed by atoms with Crippen molar-refractivity contribution >= 4 is 35.8 Å². The molecule has 5 nitrogen and oxygen atoms in total. The predicted octanol–water partition coefficient (Wildman–Crippen LogP) is 3.05. The molecule has 1 aliphatic heterocycles. The molecular formula is C20H31IN4O. The first-order chi connectivity index (χ1) is 12.2. The third-order valence-electron chi connectivity index (χ3n) is 5.57. The lowest BCUT2D eigenvalue weighted by Gasteiger charge is -2.38. The second kappa shape index (κ2) is 9.58. The zero-order valence-electron chi connectivity index (χ0n) is 15.9. The molecule has 0 unspecified atom stereocenters. The molecule has 144 valence electrons. The van der Waals surface area contributed by atoms with Crippen molar-refractivity contribution in [3.05, 3.63) is 35.4 Å². The van der Waals surface area contributed by atoms with E-state index < -0.39 is 0 Å². The molecule has 26 heavy (non-hydrogen) atoms. The number of halogens is 1. The SMILES string of the molecule is CCNC(=NCCc1cccc(C(=O)NC)c1)N1CCC2(CCC2)C1.I. The van der Waals surface area contributed by atoms with Crippen LogP contribution in [-0.4, -0.2) is 50.0 Å². The highest BCUT2D eigenvalue weighted by atomic mass is 127. The number of carbonyl (C=O) groups is 1. The van der Waals surface area contributed by atoms with Gasteiger partial charge >= 0.3 is 0 Å². The molecule has 0 bridgehead atoms. The van der Waals surface area contributed by atoms with E-state index in [0.29, 0.717) is 11.0 Å². The predicted molar refractivity (Wildman–Crippen MR) is 117 cm³/mol. The van der Waals surface area contributed by atoms with Gasteiger partial charge in [0.25, 0.3) is 5.91 Å². The summed E-state index contributed by atoms with van der Waals surface area (Å²) in [6, 6.07) is 7.81. The molecule has 2 aliphatic rings. The number of rotatable bonds is 5. The number of hydrogen-bond donors (Lipinski definition) is 2. The molecule has 1 amide bonds. The Kier molecular flexibility index (Phi) is 7.73. The highest BCUT2D eigenvalue weighted by Gasteiger charge is 2.43. The van der Waals surface area contributed by atoms with Gasteiger partial charge in [-0.15, -0.1) is 24.0 Å². The number of guanidine groups is 1. The van der Waals surface area contributed by atoms with Gasteiger partial charge in [-0.1, -0.05) is 18.6 Å². The van der Waals surface area contributed by atoms with Crippen LogP contribution in [0.5, 0.6) is 0 Å². The van der Waals surface area contributed by atoms with Crippen molar-refractivity contribution < 1.29 is 4.79 Å². The third kappa shape index (κ3) is 4.90. The maximum Gasteiger partial charge on any atom is 0.251 e. The minimum absolute atomic E-state index is 0. The fourth-order valence-electron chi connectivity index (χ4n) is 3.93. The van der Waals surface area contributed by atoms with E-state index in [0.717, 1.165) is 44.1 Å². The van der Waals surface area contributed by atoms with Crippen LogP contribution in [0, 0.1) is 5.41 Å². The molecule has 3 rings (SSSR count). The smallest absolute Gasteiger partial charge is 0.251 e.